The SMILES string of the molecule is CC(Nc1c(F)cccc1Br)c1cc(Br)cs1. The first-order valence-corrected chi connectivity index (χ1v) is 7.49. The van der Waals surface area contributed by atoms with Crippen LogP contribution in [0.1, 0.15) is 17.8 Å². The van der Waals surface area contributed by atoms with Gasteiger partial charge in [-0.3, -0.25) is 0 Å². The fourth-order valence-corrected chi connectivity index (χ4v) is 3.39. The molecule has 0 aliphatic carbocycles. The van der Waals surface area contributed by atoms with Crippen molar-refractivity contribution in [3.05, 3.63) is 49.3 Å². The van der Waals surface area contributed by atoms with E-state index in [0.717, 1.165) is 13.8 Å². The predicted molar refractivity (Wildman–Crippen MR) is 78.2 cm³/mol. The highest BCUT2D eigenvalue weighted by Crippen LogP contribution is 2.32. The van der Waals surface area contributed by atoms with Gasteiger partial charge in [0, 0.05) is 19.2 Å². The summed E-state index contributed by atoms with van der Waals surface area (Å²) in [4.78, 5) is 1.16. The van der Waals surface area contributed by atoms with Gasteiger partial charge >= 0.3 is 0 Å². The van der Waals surface area contributed by atoms with Crippen LogP contribution in [0, 0.1) is 5.82 Å². The van der Waals surface area contributed by atoms with Crippen LogP contribution in [0.15, 0.2) is 38.6 Å². The van der Waals surface area contributed by atoms with Crippen molar-refractivity contribution in [1.82, 2.24) is 0 Å². The van der Waals surface area contributed by atoms with Crippen LogP contribution in [0.25, 0.3) is 0 Å². The Morgan fingerprint density at radius 2 is 2.12 bits per heavy atom. The van der Waals surface area contributed by atoms with E-state index in [9.17, 15) is 4.39 Å². The lowest BCUT2D eigenvalue weighted by Gasteiger charge is -2.15. The zero-order valence-electron chi connectivity index (χ0n) is 9.01. The third-order valence-corrected chi connectivity index (χ3v) is 4.88. The summed E-state index contributed by atoms with van der Waals surface area (Å²) in [6.45, 7) is 2.01. The Morgan fingerprint density at radius 3 is 2.71 bits per heavy atom. The second-order valence-electron chi connectivity index (χ2n) is 3.63. The van der Waals surface area contributed by atoms with Gasteiger partial charge in [-0.2, -0.15) is 0 Å². The molecule has 0 saturated carbocycles. The van der Waals surface area contributed by atoms with Crippen LogP contribution in [0.3, 0.4) is 0 Å². The van der Waals surface area contributed by atoms with Crippen LogP contribution in [0.5, 0.6) is 0 Å². The molecule has 0 saturated heterocycles. The van der Waals surface area contributed by atoms with Crippen molar-refractivity contribution < 1.29 is 4.39 Å². The first-order chi connectivity index (χ1) is 8.08. The fraction of sp³-hybridized carbons (Fsp3) is 0.167. The van der Waals surface area contributed by atoms with Crippen LogP contribution < -0.4 is 5.32 Å². The Balaban J connectivity index is 2.21. The van der Waals surface area contributed by atoms with E-state index >= 15 is 0 Å². The average Bonchev–Trinajstić information content (AvgIpc) is 2.70. The fourth-order valence-electron chi connectivity index (χ4n) is 1.48. The summed E-state index contributed by atoms with van der Waals surface area (Å²) in [5.74, 6) is -0.248. The summed E-state index contributed by atoms with van der Waals surface area (Å²) >= 11 is 8.40. The van der Waals surface area contributed by atoms with Gasteiger partial charge in [-0.1, -0.05) is 6.07 Å². The van der Waals surface area contributed by atoms with Gasteiger partial charge in [0.1, 0.15) is 5.82 Å². The number of rotatable bonds is 3. The number of halogens is 3. The Bertz CT molecular complexity index is 507. The molecule has 0 bridgehead atoms. The van der Waals surface area contributed by atoms with Gasteiger partial charge in [-0.05, 0) is 57.0 Å². The molecule has 1 heterocycles. The molecule has 1 unspecified atom stereocenters. The van der Waals surface area contributed by atoms with Gasteiger partial charge in [0.2, 0.25) is 0 Å². The average molecular weight is 379 g/mol. The third kappa shape index (κ3) is 3.09. The molecule has 1 aromatic heterocycles. The van der Waals surface area contributed by atoms with Gasteiger partial charge in [-0.25, -0.2) is 4.39 Å². The minimum atomic E-state index is -0.248. The van der Waals surface area contributed by atoms with Gasteiger partial charge in [0.25, 0.3) is 0 Å². The molecule has 0 radical (unpaired) electrons. The van der Waals surface area contributed by atoms with E-state index in [1.165, 1.54) is 6.07 Å². The minimum Gasteiger partial charge on any atom is -0.374 e. The molecule has 2 aromatic rings. The summed E-state index contributed by atoms with van der Waals surface area (Å²) in [6, 6.07) is 7.06. The lowest BCUT2D eigenvalue weighted by atomic mass is 10.2. The molecule has 1 aromatic carbocycles. The highest BCUT2D eigenvalue weighted by atomic mass is 79.9. The van der Waals surface area contributed by atoms with Crippen molar-refractivity contribution in [3.8, 4) is 0 Å². The molecule has 1 nitrogen and oxygen atoms in total. The van der Waals surface area contributed by atoms with Crippen LogP contribution in [0.2, 0.25) is 0 Å². The highest BCUT2D eigenvalue weighted by Gasteiger charge is 2.12. The van der Waals surface area contributed by atoms with Crippen molar-refractivity contribution >= 4 is 48.9 Å². The van der Waals surface area contributed by atoms with E-state index < -0.39 is 0 Å². The monoisotopic (exact) mass is 377 g/mol. The maximum absolute atomic E-state index is 13.6. The van der Waals surface area contributed by atoms with Crippen molar-refractivity contribution in [3.63, 3.8) is 0 Å². The maximum atomic E-state index is 13.6. The predicted octanol–water partition coefficient (Wildman–Crippen LogP) is 5.59. The number of hydrogen-bond acceptors (Lipinski definition) is 2. The smallest absolute Gasteiger partial charge is 0.147 e. The van der Waals surface area contributed by atoms with Gasteiger partial charge in [0.15, 0.2) is 0 Å². The van der Waals surface area contributed by atoms with Crippen molar-refractivity contribution in [2.45, 2.75) is 13.0 Å². The van der Waals surface area contributed by atoms with E-state index in [0.29, 0.717) is 5.69 Å². The summed E-state index contributed by atoms with van der Waals surface area (Å²) < 4.78 is 15.4. The Kier molecular flexibility index (Phi) is 4.22. The first-order valence-electron chi connectivity index (χ1n) is 5.02. The normalized spacial score (nSPS) is 12.5. The number of para-hydroxylation sites is 1. The second kappa shape index (κ2) is 5.50. The molecule has 17 heavy (non-hydrogen) atoms. The van der Waals surface area contributed by atoms with Crippen LogP contribution in [-0.4, -0.2) is 0 Å². The van der Waals surface area contributed by atoms with Gasteiger partial charge in [-0.15, -0.1) is 11.3 Å². The molecule has 0 aliphatic rings. The van der Waals surface area contributed by atoms with Crippen molar-refractivity contribution in [2.24, 2.45) is 0 Å². The maximum Gasteiger partial charge on any atom is 0.147 e. The van der Waals surface area contributed by atoms with E-state index in [2.05, 4.69) is 37.2 Å². The Morgan fingerprint density at radius 1 is 1.35 bits per heavy atom. The zero-order valence-corrected chi connectivity index (χ0v) is 13.0. The lowest BCUT2D eigenvalue weighted by Crippen LogP contribution is -2.07. The van der Waals surface area contributed by atoms with Crippen LogP contribution in [-0.2, 0) is 0 Å². The van der Waals surface area contributed by atoms with Crippen molar-refractivity contribution in [1.29, 1.82) is 0 Å². The van der Waals surface area contributed by atoms with Crippen molar-refractivity contribution in [2.75, 3.05) is 5.32 Å². The lowest BCUT2D eigenvalue weighted by molar-refractivity contribution is 0.627. The first kappa shape index (κ1) is 13.1. The standard InChI is InChI=1S/C12H10Br2FNS/c1-7(11-5-8(13)6-17-11)16-12-9(14)3-2-4-10(12)15/h2-7,16H,1H3. The molecular formula is C12H10Br2FNS. The van der Waals surface area contributed by atoms with Gasteiger partial charge in [0.05, 0.1) is 11.7 Å². The molecule has 0 fully saturated rings. The summed E-state index contributed by atoms with van der Waals surface area (Å²) in [7, 11) is 0. The quantitative estimate of drug-likeness (QED) is 0.734. The summed E-state index contributed by atoms with van der Waals surface area (Å²) in [6.07, 6.45) is 0. The molecule has 1 atom stereocenters. The van der Waals surface area contributed by atoms with E-state index in [1.54, 1.807) is 17.4 Å². The molecule has 0 amide bonds. The van der Waals surface area contributed by atoms with E-state index in [4.69, 9.17) is 0 Å². The molecule has 5 heteroatoms. The second-order valence-corrected chi connectivity index (χ2v) is 6.34. The molecule has 90 valence electrons. The summed E-state index contributed by atoms with van der Waals surface area (Å²) in [5.41, 5.74) is 0.504. The molecular weight excluding hydrogens is 369 g/mol. The van der Waals surface area contributed by atoms with E-state index in [-0.39, 0.29) is 11.9 Å². The number of hydrogen-bond donors (Lipinski definition) is 1. The minimum absolute atomic E-state index is 0.0690. The molecule has 0 spiro atoms. The highest BCUT2D eigenvalue weighted by molar-refractivity contribution is 9.10. The molecule has 0 aliphatic heterocycles. The summed E-state index contributed by atoms with van der Waals surface area (Å²) in [5, 5.41) is 5.19. The Hall–Kier alpha value is -0.390. The number of anilines is 1. The van der Waals surface area contributed by atoms with E-state index in [1.807, 2.05) is 24.4 Å². The zero-order chi connectivity index (χ0) is 12.4. The number of benzene rings is 1. The molecule has 2 rings (SSSR count). The Labute approximate surface area is 120 Å². The third-order valence-electron chi connectivity index (χ3n) is 2.34. The van der Waals surface area contributed by atoms with Crippen LogP contribution >= 0.6 is 43.2 Å². The largest absolute Gasteiger partial charge is 0.374 e. The molecule has 1 N–H and O–H groups in total. The number of nitrogens with one attached hydrogen (secondary N) is 1. The topological polar surface area (TPSA) is 12.0 Å². The number of thiophene rings is 1. The van der Waals surface area contributed by atoms with Crippen LogP contribution in [0.4, 0.5) is 10.1 Å². The van der Waals surface area contributed by atoms with Gasteiger partial charge < -0.3 is 5.32 Å².